The van der Waals surface area contributed by atoms with Gasteiger partial charge in [-0.05, 0) is 25.1 Å². The first-order chi connectivity index (χ1) is 9.19. The lowest BCUT2D eigenvalue weighted by Crippen LogP contribution is -2.45. The summed E-state index contributed by atoms with van der Waals surface area (Å²) in [4.78, 5) is 15.0. The molecule has 0 bridgehead atoms. The van der Waals surface area contributed by atoms with Crippen molar-refractivity contribution in [2.24, 2.45) is 0 Å². The average Bonchev–Trinajstić information content (AvgIpc) is 2.45. The highest BCUT2D eigenvalue weighted by Gasteiger charge is 2.21. The number of carbonyl (C=O) groups excluding carboxylic acids is 1. The highest BCUT2D eigenvalue weighted by Crippen LogP contribution is 2.23. The van der Waals surface area contributed by atoms with E-state index in [1.165, 1.54) is 0 Å². The molecule has 0 aliphatic carbocycles. The zero-order valence-corrected chi connectivity index (χ0v) is 12.1. The van der Waals surface area contributed by atoms with E-state index >= 15 is 0 Å². The summed E-state index contributed by atoms with van der Waals surface area (Å²) >= 11 is 1.54. The molecule has 1 atom stereocenters. The number of hydrogen-bond donors (Lipinski definition) is 0. The van der Waals surface area contributed by atoms with Crippen LogP contribution in [0.1, 0.15) is 6.92 Å². The molecule has 2 rings (SSSR count). The van der Waals surface area contributed by atoms with Gasteiger partial charge >= 0.3 is 0 Å². The highest BCUT2D eigenvalue weighted by molar-refractivity contribution is 8.00. The number of rotatable bonds is 4. The Morgan fingerprint density at radius 1 is 1.58 bits per heavy atom. The van der Waals surface area contributed by atoms with Crippen molar-refractivity contribution in [3.05, 3.63) is 24.3 Å². The minimum absolute atomic E-state index is 0.138. The van der Waals surface area contributed by atoms with Gasteiger partial charge in [-0.2, -0.15) is 0 Å². The summed E-state index contributed by atoms with van der Waals surface area (Å²) in [7, 11) is 1.64. The smallest absolute Gasteiger partial charge is 0.233 e. The van der Waals surface area contributed by atoms with Gasteiger partial charge < -0.3 is 14.4 Å². The first-order valence-electron chi connectivity index (χ1n) is 6.35. The standard InChI is InChI=1S/C14H19NO3S/c1-11-9-15(6-7-18-11)14(16)10-19-13-5-3-4-12(8-13)17-2/h3-5,8,11H,6-7,9-10H2,1-2H3/t11-/m0/s1. The molecule has 104 valence electrons. The number of morpholine rings is 1. The Hall–Kier alpha value is -1.20. The second kappa shape index (κ2) is 6.82. The molecular formula is C14H19NO3S. The number of methoxy groups -OCH3 is 1. The van der Waals surface area contributed by atoms with Gasteiger partial charge in [0, 0.05) is 18.0 Å². The van der Waals surface area contributed by atoms with Gasteiger partial charge in [-0.3, -0.25) is 4.79 Å². The number of nitrogens with zero attached hydrogens (tertiary/aromatic N) is 1. The zero-order valence-electron chi connectivity index (χ0n) is 11.3. The van der Waals surface area contributed by atoms with Crippen molar-refractivity contribution in [2.45, 2.75) is 17.9 Å². The van der Waals surface area contributed by atoms with Crippen LogP contribution < -0.4 is 4.74 Å². The summed E-state index contributed by atoms with van der Waals surface area (Å²) in [6.45, 7) is 4.02. The van der Waals surface area contributed by atoms with Crippen LogP contribution in [0.15, 0.2) is 29.2 Å². The minimum atomic E-state index is 0.138. The van der Waals surface area contributed by atoms with Crippen molar-refractivity contribution < 1.29 is 14.3 Å². The van der Waals surface area contributed by atoms with Gasteiger partial charge in [-0.15, -0.1) is 11.8 Å². The fourth-order valence-corrected chi connectivity index (χ4v) is 2.82. The monoisotopic (exact) mass is 281 g/mol. The summed E-state index contributed by atoms with van der Waals surface area (Å²) in [6.07, 6.45) is 0.138. The van der Waals surface area contributed by atoms with Gasteiger partial charge in [0.2, 0.25) is 5.91 Å². The minimum Gasteiger partial charge on any atom is -0.497 e. The van der Waals surface area contributed by atoms with E-state index in [2.05, 4.69) is 0 Å². The van der Waals surface area contributed by atoms with Crippen LogP contribution >= 0.6 is 11.8 Å². The van der Waals surface area contributed by atoms with Gasteiger partial charge in [0.15, 0.2) is 0 Å². The fourth-order valence-electron chi connectivity index (χ4n) is 1.97. The van der Waals surface area contributed by atoms with Crippen LogP contribution in [0.25, 0.3) is 0 Å². The molecule has 0 N–H and O–H groups in total. The summed E-state index contributed by atoms with van der Waals surface area (Å²) in [5, 5.41) is 0. The predicted octanol–water partition coefficient (Wildman–Crippen LogP) is 2.03. The predicted molar refractivity (Wildman–Crippen MR) is 75.7 cm³/mol. The molecule has 1 aromatic carbocycles. The van der Waals surface area contributed by atoms with Crippen molar-refractivity contribution in [3.63, 3.8) is 0 Å². The molecule has 0 saturated carbocycles. The SMILES string of the molecule is COc1cccc(SCC(=O)N2CCO[C@@H](C)C2)c1. The maximum Gasteiger partial charge on any atom is 0.233 e. The second-order valence-corrected chi connectivity index (χ2v) is 5.54. The van der Waals surface area contributed by atoms with Gasteiger partial charge in [0.25, 0.3) is 0 Å². The van der Waals surface area contributed by atoms with E-state index in [9.17, 15) is 4.79 Å². The number of hydrogen-bond acceptors (Lipinski definition) is 4. The first-order valence-corrected chi connectivity index (χ1v) is 7.34. The lowest BCUT2D eigenvalue weighted by Gasteiger charge is -2.31. The molecule has 0 radical (unpaired) electrons. The Bertz CT molecular complexity index is 438. The van der Waals surface area contributed by atoms with E-state index in [0.717, 1.165) is 10.6 Å². The van der Waals surface area contributed by atoms with Crippen LogP contribution in [-0.4, -0.2) is 49.5 Å². The van der Waals surface area contributed by atoms with Crippen LogP contribution in [-0.2, 0) is 9.53 Å². The highest BCUT2D eigenvalue weighted by atomic mass is 32.2. The Morgan fingerprint density at radius 3 is 3.16 bits per heavy atom. The zero-order chi connectivity index (χ0) is 13.7. The molecule has 0 aromatic heterocycles. The van der Waals surface area contributed by atoms with E-state index < -0.39 is 0 Å². The summed E-state index contributed by atoms with van der Waals surface area (Å²) in [5.74, 6) is 1.44. The number of thioether (sulfide) groups is 1. The third kappa shape index (κ3) is 4.14. The van der Waals surface area contributed by atoms with Crippen LogP contribution in [0.4, 0.5) is 0 Å². The summed E-state index contributed by atoms with van der Waals surface area (Å²) in [6, 6.07) is 7.76. The van der Waals surface area contributed by atoms with Crippen LogP contribution in [0.2, 0.25) is 0 Å². The molecular weight excluding hydrogens is 262 g/mol. The number of ether oxygens (including phenoxy) is 2. The van der Waals surface area contributed by atoms with Crippen molar-refractivity contribution in [2.75, 3.05) is 32.6 Å². The van der Waals surface area contributed by atoms with Crippen LogP contribution in [0.3, 0.4) is 0 Å². The van der Waals surface area contributed by atoms with Gasteiger partial charge in [-0.1, -0.05) is 6.07 Å². The van der Waals surface area contributed by atoms with Gasteiger partial charge in [-0.25, -0.2) is 0 Å². The quantitative estimate of drug-likeness (QED) is 0.792. The molecule has 0 spiro atoms. The number of benzene rings is 1. The Morgan fingerprint density at radius 2 is 2.42 bits per heavy atom. The Labute approximate surface area is 118 Å². The maximum absolute atomic E-state index is 12.1. The Kier molecular flexibility index (Phi) is 5.10. The molecule has 4 nitrogen and oxygen atoms in total. The molecule has 19 heavy (non-hydrogen) atoms. The second-order valence-electron chi connectivity index (χ2n) is 4.49. The van der Waals surface area contributed by atoms with E-state index in [0.29, 0.717) is 25.4 Å². The van der Waals surface area contributed by atoms with E-state index in [1.807, 2.05) is 36.1 Å². The molecule has 1 aliphatic heterocycles. The molecule has 0 unspecified atom stereocenters. The third-order valence-electron chi connectivity index (χ3n) is 3.00. The van der Waals surface area contributed by atoms with Crippen LogP contribution in [0.5, 0.6) is 5.75 Å². The normalized spacial score (nSPS) is 19.3. The van der Waals surface area contributed by atoms with Crippen molar-refractivity contribution in [1.82, 2.24) is 4.90 Å². The molecule has 1 saturated heterocycles. The largest absolute Gasteiger partial charge is 0.497 e. The summed E-state index contributed by atoms with van der Waals surface area (Å²) in [5.41, 5.74) is 0. The average molecular weight is 281 g/mol. The molecule has 1 aromatic rings. The molecule has 5 heteroatoms. The molecule has 1 fully saturated rings. The van der Waals surface area contributed by atoms with E-state index in [-0.39, 0.29) is 12.0 Å². The number of carbonyl (C=O) groups is 1. The maximum atomic E-state index is 12.1. The molecule has 1 amide bonds. The van der Waals surface area contributed by atoms with Crippen molar-refractivity contribution >= 4 is 17.7 Å². The van der Waals surface area contributed by atoms with E-state index in [1.54, 1.807) is 18.9 Å². The fraction of sp³-hybridized carbons (Fsp3) is 0.500. The topological polar surface area (TPSA) is 38.8 Å². The lowest BCUT2D eigenvalue weighted by molar-refractivity contribution is -0.135. The summed E-state index contributed by atoms with van der Waals surface area (Å²) < 4.78 is 10.6. The van der Waals surface area contributed by atoms with Crippen molar-refractivity contribution in [3.8, 4) is 5.75 Å². The lowest BCUT2D eigenvalue weighted by atomic mass is 10.3. The Balaban J connectivity index is 1.85. The molecule has 1 aliphatic rings. The third-order valence-corrected chi connectivity index (χ3v) is 3.98. The van der Waals surface area contributed by atoms with Crippen LogP contribution in [0, 0.1) is 0 Å². The number of amides is 1. The first kappa shape index (κ1) is 14.2. The van der Waals surface area contributed by atoms with Gasteiger partial charge in [0.05, 0.1) is 25.6 Å². The van der Waals surface area contributed by atoms with Crippen molar-refractivity contribution in [1.29, 1.82) is 0 Å². The van der Waals surface area contributed by atoms with Gasteiger partial charge in [0.1, 0.15) is 5.75 Å². The van der Waals surface area contributed by atoms with E-state index in [4.69, 9.17) is 9.47 Å². The molecule has 1 heterocycles.